The van der Waals surface area contributed by atoms with Gasteiger partial charge >= 0.3 is 0 Å². The summed E-state index contributed by atoms with van der Waals surface area (Å²) in [6.07, 6.45) is 1.57. The molecular weight excluding hydrogens is 236 g/mol. The Morgan fingerprint density at radius 3 is 2.16 bits per heavy atom. The molecule has 2 rings (SSSR count). The van der Waals surface area contributed by atoms with Gasteiger partial charge in [-0.15, -0.1) is 0 Å². The normalized spacial score (nSPS) is 10.6. The molecule has 0 radical (unpaired) electrons. The maximum atomic E-state index is 11.9. The second-order valence-electron chi connectivity index (χ2n) is 3.90. The average Bonchev–Trinajstić information content (AvgIpc) is 2.47. The summed E-state index contributed by atoms with van der Waals surface area (Å²) in [6.45, 7) is 0. The molecule has 0 aliphatic rings. The van der Waals surface area contributed by atoms with E-state index in [0.29, 0.717) is 5.69 Å². The lowest BCUT2D eigenvalue weighted by atomic mass is 10.1. The van der Waals surface area contributed by atoms with E-state index >= 15 is 0 Å². The quantitative estimate of drug-likeness (QED) is 0.669. The van der Waals surface area contributed by atoms with Crippen molar-refractivity contribution in [3.8, 4) is 6.07 Å². The molecule has 1 amide bonds. The summed E-state index contributed by atoms with van der Waals surface area (Å²) in [5.41, 5.74) is 1.57. The fraction of sp³-hybridized carbons (Fsp3) is 0. The molecule has 92 valence electrons. The number of para-hydroxylation sites is 1. The molecule has 3 nitrogen and oxygen atoms in total. The number of nitrogens with zero attached hydrogens (tertiary/aromatic N) is 1. The number of hydrogen-bond donors (Lipinski definition) is 1. The van der Waals surface area contributed by atoms with Gasteiger partial charge < -0.3 is 5.32 Å². The van der Waals surface area contributed by atoms with Crippen molar-refractivity contribution >= 4 is 17.7 Å². The molecule has 0 bridgehead atoms. The molecule has 0 heterocycles. The van der Waals surface area contributed by atoms with Gasteiger partial charge in [-0.2, -0.15) is 5.26 Å². The number of carbonyl (C=O) groups excluding carboxylic acids is 1. The van der Waals surface area contributed by atoms with Gasteiger partial charge in [-0.05, 0) is 23.8 Å². The van der Waals surface area contributed by atoms with E-state index in [1.807, 2.05) is 54.6 Å². The van der Waals surface area contributed by atoms with Gasteiger partial charge in [0, 0.05) is 5.69 Å². The van der Waals surface area contributed by atoms with Gasteiger partial charge in [-0.3, -0.25) is 4.79 Å². The fourth-order valence-corrected chi connectivity index (χ4v) is 1.58. The molecular formula is C16H12N2O. The van der Waals surface area contributed by atoms with Crippen LogP contribution < -0.4 is 5.32 Å². The minimum atomic E-state index is -0.405. The third-order valence-corrected chi connectivity index (χ3v) is 2.51. The van der Waals surface area contributed by atoms with E-state index in [9.17, 15) is 4.79 Å². The van der Waals surface area contributed by atoms with Crippen LogP contribution in [0.4, 0.5) is 5.69 Å². The Morgan fingerprint density at radius 1 is 1.00 bits per heavy atom. The zero-order valence-electron chi connectivity index (χ0n) is 10.2. The molecule has 0 aliphatic heterocycles. The standard InChI is InChI=1S/C16H12N2O/c17-12-14(11-13-7-3-1-4-8-13)16(19)18-15-9-5-2-6-10-15/h1-11H,(H,18,19). The van der Waals surface area contributed by atoms with Crippen LogP contribution >= 0.6 is 0 Å². The first kappa shape index (κ1) is 12.6. The van der Waals surface area contributed by atoms with Gasteiger partial charge in [0.2, 0.25) is 0 Å². The second kappa shape index (κ2) is 6.18. The Labute approximate surface area is 111 Å². The van der Waals surface area contributed by atoms with E-state index in [0.717, 1.165) is 5.56 Å². The molecule has 0 aliphatic carbocycles. The summed E-state index contributed by atoms with van der Waals surface area (Å²) in [7, 11) is 0. The number of nitrogens with one attached hydrogen (secondary N) is 1. The lowest BCUT2D eigenvalue weighted by molar-refractivity contribution is -0.112. The fourth-order valence-electron chi connectivity index (χ4n) is 1.58. The summed E-state index contributed by atoms with van der Waals surface area (Å²) >= 11 is 0. The molecule has 0 fully saturated rings. The minimum Gasteiger partial charge on any atom is -0.321 e. The van der Waals surface area contributed by atoms with Gasteiger partial charge in [0.1, 0.15) is 11.6 Å². The number of anilines is 1. The van der Waals surface area contributed by atoms with Crippen molar-refractivity contribution in [3.63, 3.8) is 0 Å². The number of hydrogen-bond acceptors (Lipinski definition) is 2. The molecule has 3 heteroatoms. The van der Waals surface area contributed by atoms with E-state index in [-0.39, 0.29) is 5.57 Å². The van der Waals surface area contributed by atoms with Crippen LogP contribution in [0.5, 0.6) is 0 Å². The lowest BCUT2D eigenvalue weighted by Gasteiger charge is -2.03. The molecule has 1 N–H and O–H groups in total. The highest BCUT2D eigenvalue weighted by atomic mass is 16.1. The van der Waals surface area contributed by atoms with Crippen LogP contribution in [0.25, 0.3) is 6.08 Å². The van der Waals surface area contributed by atoms with Crippen molar-refractivity contribution in [2.24, 2.45) is 0 Å². The summed E-state index contributed by atoms with van der Waals surface area (Å²) in [4.78, 5) is 11.9. The van der Waals surface area contributed by atoms with E-state index in [1.165, 1.54) is 0 Å². The topological polar surface area (TPSA) is 52.9 Å². The third-order valence-electron chi connectivity index (χ3n) is 2.51. The van der Waals surface area contributed by atoms with Gasteiger partial charge in [-0.1, -0.05) is 48.5 Å². The Balaban J connectivity index is 2.17. The Kier molecular flexibility index (Phi) is 4.09. The molecule has 2 aromatic rings. The SMILES string of the molecule is N#CC(=Cc1ccccc1)C(=O)Nc1ccccc1. The first-order chi connectivity index (χ1) is 9.29. The maximum Gasteiger partial charge on any atom is 0.266 e. The van der Waals surface area contributed by atoms with Gasteiger partial charge in [-0.25, -0.2) is 0 Å². The molecule has 0 aromatic heterocycles. The number of benzene rings is 2. The van der Waals surface area contributed by atoms with Crippen LogP contribution in [-0.2, 0) is 4.79 Å². The largest absolute Gasteiger partial charge is 0.321 e. The monoisotopic (exact) mass is 248 g/mol. The molecule has 0 saturated heterocycles. The van der Waals surface area contributed by atoms with Crippen molar-refractivity contribution in [1.82, 2.24) is 0 Å². The van der Waals surface area contributed by atoms with Gasteiger partial charge in [0.25, 0.3) is 5.91 Å². The average molecular weight is 248 g/mol. The van der Waals surface area contributed by atoms with Crippen LogP contribution in [0.1, 0.15) is 5.56 Å². The first-order valence-electron chi connectivity index (χ1n) is 5.83. The van der Waals surface area contributed by atoms with Crippen molar-refractivity contribution in [2.75, 3.05) is 5.32 Å². The molecule has 0 saturated carbocycles. The lowest BCUT2D eigenvalue weighted by Crippen LogP contribution is -2.13. The smallest absolute Gasteiger partial charge is 0.266 e. The Morgan fingerprint density at radius 2 is 1.58 bits per heavy atom. The Hall–Kier alpha value is -2.86. The number of amides is 1. The summed E-state index contributed by atoms with van der Waals surface area (Å²) < 4.78 is 0. The molecule has 0 atom stereocenters. The van der Waals surface area contributed by atoms with E-state index in [2.05, 4.69) is 5.32 Å². The number of nitriles is 1. The van der Waals surface area contributed by atoms with Crippen LogP contribution in [0, 0.1) is 11.3 Å². The number of carbonyl (C=O) groups is 1. The van der Waals surface area contributed by atoms with Crippen LogP contribution in [0.3, 0.4) is 0 Å². The van der Waals surface area contributed by atoms with Crippen molar-refractivity contribution in [2.45, 2.75) is 0 Å². The minimum absolute atomic E-state index is 0.0788. The molecule has 0 spiro atoms. The Bertz CT molecular complexity index is 625. The van der Waals surface area contributed by atoms with Gasteiger partial charge in [0.05, 0.1) is 0 Å². The first-order valence-corrected chi connectivity index (χ1v) is 5.83. The molecule has 2 aromatic carbocycles. The highest BCUT2D eigenvalue weighted by molar-refractivity contribution is 6.09. The zero-order chi connectivity index (χ0) is 13.5. The zero-order valence-corrected chi connectivity index (χ0v) is 10.2. The highest BCUT2D eigenvalue weighted by Crippen LogP contribution is 2.10. The van der Waals surface area contributed by atoms with Crippen LogP contribution in [-0.4, -0.2) is 5.91 Å². The van der Waals surface area contributed by atoms with E-state index in [4.69, 9.17) is 5.26 Å². The summed E-state index contributed by atoms with van der Waals surface area (Å²) in [5.74, 6) is -0.405. The predicted octanol–water partition coefficient (Wildman–Crippen LogP) is 3.23. The second-order valence-corrected chi connectivity index (χ2v) is 3.90. The van der Waals surface area contributed by atoms with Crippen LogP contribution in [0.15, 0.2) is 66.2 Å². The molecule has 19 heavy (non-hydrogen) atoms. The van der Waals surface area contributed by atoms with Gasteiger partial charge in [0.15, 0.2) is 0 Å². The third kappa shape index (κ3) is 3.55. The van der Waals surface area contributed by atoms with E-state index < -0.39 is 5.91 Å². The summed E-state index contributed by atoms with van der Waals surface area (Å²) in [6, 6.07) is 20.2. The van der Waals surface area contributed by atoms with Crippen molar-refractivity contribution < 1.29 is 4.79 Å². The highest BCUT2D eigenvalue weighted by Gasteiger charge is 2.08. The van der Waals surface area contributed by atoms with Crippen molar-refractivity contribution in [3.05, 3.63) is 71.8 Å². The predicted molar refractivity (Wildman–Crippen MR) is 75.1 cm³/mol. The van der Waals surface area contributed by atoms with Crippen LogP contribution in [0.2, 0.25) is 0 Å². The van der Waals surface area contributed by atoms with Crippen molar-refractivity contribution in [1.29, 1.82) is 5.26 Å². The van der Waals surface area contributed by atoms with E-state index in [1.54, 1.807) is 18.2 Å². The number of rotatable bonds is 3. The molecule has 0 unspecified atom stereocenters. The maximum absolute atomic E-state index is 11.9. The summed E-state index contributed by atoms with van der Waals surface area (Å²) in [5, 5.41) is 11.7.